The molecule has 3 amide bonds. The van der Waals surface area contributed by atoms with Crippen molar-refractivity contribution in [2.24, 2.45) is 17.8 Å². The molecule has 3 fully saturated rings. The predicted molar refractivity (Wildman–Crippen MR) is 171 cm³/mol. The summed E-state index contributed by atoms with van der Waals surface area (Å²) in [4.78, 5) is 69.7. The molecule has 1 aromatic rings. The Labute approximate surface area is 272 Å². The molecule has 0 unspecified atom stereocenters. The first-order valence-corrected chi connectivity index (χ1v) is 16.1. The van der Waals surface area contributed by atoms with E-state index in [4.69, 9.17) is 0 Å². The molecule has 1 aromatic carbocycles. The highest BCUT2D eigenvalue weighted by Crippen LogP contribution is 2.33. The second-order valence-electron chi connectivity index (χ2n) is 12.2. The van der Waals surface area contributed by atoms with Crippen LogP contribution in [-0.4, -0.2) is 75.6 Å². The van der Waals surface area contributed by atoms with Crippen LogP contribution < -0.4 is 15.5 Å². The number of para-hydroxylation sites is 1. The molecular weight excluding hydrogens is 594 g/mol. The molecule has 4 rings (SSSR count). The van der Waals surface area contributed by atoms with E-state index in [0.29, 0.717) is 37.0 Å². The first-order valence-electron chi connectivity index (χ1n) is 16.1. The van der Waals surface area contributed by atoms with E-state index in [1.165, 1.54) is 39.1 Å². The van der Waals surface area contributed by atoms with Crippen molar-refractivity contribution in [1.29, 1.82) is 0 Å². The van der Waals surface area contributed by atoms with Gasteiger partial charge in [0.1, 0.15) is 18.6 Å². The third-order valence-corrected chi connectivity index (χ3v) is 8.03. The van der Waals surface area contributed by atoms with Crippen molar-refractivity contribution in [1.82, 2.24) is 10.6 Å². The summed E-state index contributed by atoms with van der Waals surface area (Å²) in [7, 11) is 3.96. The number of ether oxygens (including phenoxy) is 3. The van der Waals surface area contributed by atoms with Crippen LogP contribution in [0.3, 0.4) is 0 Å². The number of hydrogen-bond acceptors (Lipinski definition) is 9. The van der Waals surface area contributed by atoms with Crippen LogP contribution in [0.2, 0.25) is 0 Å². The van der Waals surface area contributed by atoms with Crippen LogP contribution in [0.1, 0.15) is 84.5 Å². The monoisotopic (exact) mass is 645 g/mol. The number of hydrogen-bond donors (Lipinski definition) is 2. The van der Waals surface area contributed by atoms with Crippen LogP contribution in [0, 0.1) is 17.8 Å². The normalized spacial score (nSPS) is 16.5. The molecule has 0 aromatic heterocycles. The number of benzene rings is 1. The summed E-state index contributed by atoms with van der Waals surface area (Å²) in [6, 6.07) is 8.17. The average Bonchev–Trinajstić information content (AvgIpc) is 3.99. The van der Waals surface area contributed by atoms with Gasteiger partial charge < -0.3 is 29.7 Å². The zero-order chi connectivity index (χ0) is 34.1. The molecule has 2 N–H and O–H groups in total. The Kier molecular flexibility index (Phi) is 16.8. The van der Waals surface area contributed by atoms with Gasteiger partial charge in [0.25, 0.3) is 0 Å². The van der Waals surface area contributed by atoms with Gasteiger partial charge in [0.15, 0.2) is 0 Å². The van der Waals surface area contributed by atoms with Crippen LogP contribution in [0.5, 0.6) is 0 Å². The number of rotatable bonds is 13. The number of esters is 3. The molecule has 0 aliphatic heterocycles. The van der Waals surface area contributed by atoms with Gasteiger partial charge in [0, 0.05) is 24.9 Å². The Balaban J connectivity index is 0.000000244. The van der Waals surface area contributed by atoms with Gasteiger partial charge in [-0.1, -0.05) is 31.0 Å². The molecule has 0 saturated heterocycles. The molecule has 0 radical (unpaired) electrons. The summed E-state index contributed by atoms with van der Waals surface area (Å²) in [5, 5.41) is 5.23. The second-order valence-corrected chi connectivity index (χ2v) is 12.2. The second kappa shape index (κ2) is 20.2. The number of nitrogens with zero attached hydrogens (tertiary/aromatic N) is 1. The van der Waals surface area contributed by atoms with Crippen molar-refractivity contribution >= 4 is 41.3 Å². The lowest BCUT2D eigenvalue weighted by Gasteiger charge is -2.21. The maximum absolute atomic E-state index is 12.2. The third-order valence-electron chi connectivity index (χ3n) is 8.03. The van der Waals surface area contributed by atoms with Crippen molar-refractivity contribution in [3.05, 3.63) is 30.3 Å². The lowest BCUT2D eigenvalue weighted by Crippen LogP contribution is -2.39. The van der Waals surface area contributed by atoms with Crippen LogP contribution in [0.15, 0.2) is 30.3 Å². The fourth-order valence-corrected chi connectivity index (χ4v) is 4.94. The zero-order valence-electron chi connectivity index (χ0n) is 27.9. The van der Waals surface area contributed by atoms with Crippen molar-refractivity contribution in [2.75, 3.05) is 32.8 Å². The summed E-state index contributed by atoms with van der Waals surface area (Å²) in [6.45, 7) is 3.24. The number of methoxy groups -OCH3 is 3. The molecule has 12 nitrogen and oxygen atoms in total. The minimum absolute atomic E-state index is 0.00546. The first kappa shape index (κ1) is 38.2. The van der Waals surface area contributed by atoms with Crippen LogP contribution >= 0.6 is 0 Å². The Hall–Kier alpha value is -3.96. The summed E-state index contributed by atoms with van der Waals surface area (Å²) in [5.74, 6) is 0.261. The lowest BCUT2D eigenvalue weighted by atomic mass is 10.0. The fraction of sp³-hybridized carbons (Fsp3) is 0.647. The minimum Gasteiger partial charge on any atom is -0.468 e. The highest BCUT2D eigenvalue weighted by Gasteiger charge is 2.29. The minimum atomic E-state index is -0.538. The van der Waals surface area contributed by atoms with Gasteiger partial charge in [0.05, 0.1) is 21.3 Å². The van der Waals surface area contributed by atoms with Gasteiger partial charge in [0.2, 0.25) is 17.7 Å². The average molecular weight is 646 g/mol. The lowest BCUT2D eigenvalue weighted by molar-refractivity contribution is -0.144. The van der Waals surface area contributed by atoms with E-state index in [-0.39, 0.29) is 24.3 Å². The molecule has 0 heterocycles. The Morgan fingerprint density at radius 1 is 0.674 bits per heavy atom. The van der Waals surface area contributed by atoms with Gasteiger partial charge in [-0.05, 0) is 82.3 Å². The van der Waals surface area contributed by atoms with Crippen molar-refractivity contribution in [3.63, 3.8) is 0 Å². The van der Waals surface area contributed by atoms with Crippen molar-refractivity contribution < 1.29 is 43.0 Å². The van der Waals surface area contributed by atoms with Crippen LogP contribution in [0.25, 0.3) is 0 Å². The van der Waals surface area contributed by atoms with Gasteiger partial charge in [-0.3, -0.25) is 19.2 Å². The summed E-state index contributed by atoms with van der Waals surface area (Å²) in [5.41, 5.74) is 0.744. The highest BCUT2D eigenvalue weighted by molar-refractivity contribution is 5.97. The van der Waals surface area contributed by atoms with E-state index in [1.807, 2.05) is 30.3 Å². The van der Waals surface area contributed by atoms with E-state index in [2.05, 4.69) is 24.8 Å². The quantitative estimate of drug-likeness (QED) is 0.241. The third kappa shape index (κ3) is 15.4. The first-order chi connectivity index (χ1) is 22.0. The van der Waals surface area contributed by atoms with Crippen LogP contribution in [-0.2, 0) is 43.0 Å². The summed E-state index contributed by atoms with van der Waals surface area (Å²) in [6.07, 6.45) is 10.9. The largest absolute Gasteiger partial charge is 0.468 e. The van der Waals surface area contributed by atoms with E-state index >= 15 is 0 Å². The van der Waals surface area contributed by atoms with Gasteiger partial charge in [-0.2, -0.15) is 0 Å². The Morgan fingerprint density at radius 3 is 1.52 bits per heavy atom. The predicted octanol–water partition coefficient (Wildman–Crippen LogP) is 3.70. The van der Waals surface area contributed by atoms with Gasteiger partial charge in [-0.25, -0.2) is 9.59 Å². The van der Waals surface area contributed by atoms with E-state index in [0.717, 1.165) is 44.2 Å². The van der Waals surface area contributed by atoms with Crippen molar-refractivity contribution in [2.45, 2.75) is 96.6 Å². The number of nitrogens with one attached hydrogen (secondary N) is 2. The molecule has 3 saturated carbocycles. The smallest absolute Gasteiger partial charge is 0.328 e. The molecule has 3 aliphatic carbocycles. The topological polar surface area (TPSA) is 157 Å². The number of carbonyl (C=O) groups is 6. The molecule has 0 spiro atoms. The van der Waals surface area contributed by atoms with Gasteiger partial charge >= 0.3 is 17.9 Å². The van der Waals surface area contributed by atoms with Crippen molar-refractivity contribution in [3.8, 4) is 0 Å². The zero-order valence-corrected chi connectivity index (χ0v) is 27.9. The molecule has 46 heavy (non-hydrogen) atoms. The SMILES string of the molecule is COC(=O)CN(C(=O)CC1CC1)c1ccccc1.COC(=O)[C@H](C)NC(=O)CC1CC1.COC(=O)[C@H](C)NC(=O)CC1CCCC1. The summed E-state index contributed by atoms with van der Waals surface area (Å²) >= 11 is 0. The number of carbonyl (C=O) groups excluding carboxylic acids is 6. The fourth-order valence-electron chi connectivity index (χ4n) is 4.94. The number of amides is 3. The maximum Gasteiger partial charge on any atom is 0.328 e. The van der Waals surface area contributed by atoms with E-state index in [9.17, 15) is 28.8 Å². The Morgan fingerprint density at radius 2 is 1.11 bits per heavy atom. The Bertz CT molecular complexity index is 1150. The van der Waals surface area contributed by atoms with E-state index < -0.39 is 30.0 Å². The molecular formula is C34H51N3O9. The molecule has 2 atom stereocenters. The molecule has 256 valence electrons. The van der Waals surface area contributed by atoms with E-state index in [1.54, 1.807) is 13.8 Å². The molecule has 12 heteroatoms. The standard InChI is InChI=1S/C14H17NO3.C11H19NO3.C9H15NO3/c1-18-14(17)10-15(12-5-3-2-4-6-12)13(16)9-11-7-8-11;1-8(11(14)15-2)12-10(13)7-9-5-3-4-6-9;1-6(9(12)13-2)10-8(11)5-7-3-4-7/h2-6,11H,7-10H2,1H3;8-9H,3-7H2,1-2H3,(H,12,13);6-7H,3-5H2,1-2H3,(H,10,11)/t;8-;6-/m.00/s1. The molecule has 3 aliphatic rings. The maximum atomic E-state index is 12.2. The van der Waals surface area contributed by atoms with Gasteiger partial charge in [-0.15, -0.1) is 0 Å². The highest BCUT2D eigenvalue weighted by atomic mass is 16.5. The number of anilines is 1. The van der Waals surface area contributed by atoms with Crippen LogP contribution in [0.4, 0.5) is 5.69 Å². The molecule has 0 bridgehead atoms. The summed E-state index contributed by atoms with van der Waals surface area (Å²) < 4.78 is 13.6.